The van der Waals surface area contributed by atoms with Gasteiger partial charge in [-0.3, -0.25) is 0 Å². The van der Waals surface area contributed by atoms with Gasteiger partial charge in [0, 0.05) is 27.8 Å². The Hall–Kier alpha value is -3.43. The Bertz CT molecular complexity index is 1830. The number of fused-ring (bicyclic) bond motifs is 3. The quantitative estimate of drug-likeness (QED) is 0.232. The molecular weight excluding hydrogens is 482 g/mol. The largest absolute Gasteiger partial charge is 0.461 e. The molecule has 0 aliphatic heterocycles. The van der Waals surface area contributed by atoms with Gasteiger partial charge in [0.25, 0.3) is 0 Å². The zero-order valence-electron chi connectivity index (χ0n) is 23.4. The molecule has 6 rings (SSSR count). The molecule has 3 aromatic carbocycles. The van der Waals surface area contributed by atoms with Gasteiger partial charge in [-0.2, -0.15) is 0 Å². The fourth-order valence-electron chi connectivity index (χ4n) is 5.59. The summed E-state index contributed by atoms with van der Waals surface area (Å²) in [4.78, 5) is 6.47. The summed E-state index contributed by atoms with van der Waals surface area (Å²) in [5.41, 5.74) is 9.31. The molecule has 0 aliphatic carbocycles. The monoisotopic (exact) mass is 517 g/mol. The van der Waals surface area contributed by atoms with Gasteiger partial charge in [-0.05, 0) is 89.0 Å². The van der Waals surface area contributed by atoms with E-state index < -0.39 is 0 Å². The molecule has 192 valence electrons. The van der Waals surface area contributed by atoms with Crippen LogP contribution in [-0.4, -0.2) is 4.98 Å². The minimum atomic E-state index is 0.0268. The molecule has 0 N–H and O–H groups in total. The lowest BCUT2D eigenvalue weighted by Gasteiger charge is -2.23. The van der Waals surface area contributed by atoms with E-state index in [0.29, 0.717) is 5.92 Å². The van der Waals surface area contributed by atoms with E-state index in [4.69, 9.17) is 9.40 Å². The molecular formula is C35H35NOS. The highest BCUT2D eigenvalue weighted by Crippen LogP contribution is 2.41. The van der Waals surface area contributed by atoms with Gasteiger partial charge >= 0.3 is 0 Å². The van der Waals surface area contributed by atoms with Crippen molar-refractivity contribution in [2.75, 3.05) is 0 Å². The lowest BCUT2D eigenvalue weighted by Crippen LogP contribution is -2.12. The Morgan fingerprint density at radius 2 is 1.66 bits per heavy atom. The van der Waals surface area contributed by atoms with Gasteiger partial charge in [-0.1, -0.05) is 65.0 Å². The molecule has 3 heteroatoms. The minimum Gasteiger partial charge on any atom is -0.461 e. The fraction of sp³-hybridized carbons (Fsp3) is 0.286. The van der Waals surface area contributed by atoms with Crippen LogP contribution in [0, 0.1) is 19.8 Å². The maximum Gasteiger partial charge on any atom is 0.134 e. The molecule has 3 heterocycles. The average Bonchev–Trinajstić information content (AvgIpc) is 3.40. The second-order valence-electron chi connectivity index (χ2n) is 12.1. The van der Waals surface area contributed by atoms with Gasteiger partial charge in [0.1, 0.15) is 11.3 Å². The van der Waals surface area contributed by atoms with Crippen LogP contribution in [0.4, 0.5) is 0 Å². The third-order valence-electron chi connectivity index (χ3n) is 7.51. The first-order chi connectivity index (χ1) is 18.1. The molecule has 0 radical (unpaired) electrons. The third-order valence-corrected chi connectivity index (χ3v) is 8.58. The Labute approximate surface area is 229 Å². The summed E-state index contributed by atoms with van der Waals surface area (Å²) >= 11 is 1.82. The van der Waals surface area contributed by atoms with E-state index in [9.17, 15) is 0 Å². The van der Waals surface area contributed by atoms with Crippen LogP contribution in [0.2, 0.25) is 0 Å². The summed E-state index contributed by atoms with van der Waals surface area (Å²) in [6.07, 6.45) is 0.960. The zero-order valence-corrected chi connectivity index (χ0v) is 24.2. The summed E-state index contributed by atoms with van der Waals surface area (Å²) in [5.74, 6) is 1.66. The molecule has 3 aromatic heterocycles. The molecule has 0 unspecified atom stereocenters. The van der Waals surface area contributed by atoms with E-state index in [2.05, 4.69) is 115 Å². The van der Waals surface area contributed by atoms with Crippen molar-refractivity contribution in [2.45, 2.75) is 60.3 Å². The first-order valence-electron chi connectivity index (χ1n) is 13.6. The summed E-state index contributed by atoms with van der Waals surface area (Å²) in [7, 11) is 0. The summed E-state index contributed by atoms with van der Waals surface area (Å²) in [5, 5.41) is 3.78. The second kappa shape index (κ2) is 9.10. The zero-order chi connectivity index (χ0) is 26.8. The highest BCUT2D eigenvalue weighted by atomic mass is 32.1. The van der Waals surface area contributed by atoms with Gasteiger partial charge in [0.05, 0.1) is 15.9 Å². The third kappa shape index (κ3) is 4.33. The van der Waals surface area contributed by atoms with Crippen LogP contribution in [0.25, 0.3) is 54.3 Å². The van der Waals surface area contributed by atoms with Crippen LogP contribution < -0.4 is 0 Å². The van der Waals surface area contributed by atoms with Crippen molar-refractivity contribution >= 4 is 43.3 Å². The Morgan fingerprint density at radius 1 is 0.868 bits per heavy atom. The van der Waals surface area contributed by atoms with Crippen LogP contribution in [-0.2, 0) is 11.8 Å². The first-order valence-corrected chi connectivity index (χ1v) is 14.4. The average molecular weight is 518 g/mol. The van der Waals surface area contributed by atoms with Crippen LogP contribution in [0.1, 0.15) is 56.4 Å². The summed E-state index contributed by atoms with van der Waals surface area (Å²) in [6.45, 7) is 15.7. The number of benzene rings is 3. The van der Waals surface area contributed by atoms with E-state index in [0.717, 1.165) is 29.0 Å². The lowest BCUT2D eigenvalue weighted by molar-refractivity contribution is 0.496. The van der Waals surface area contributed by atoms with Gasteiger partial charge in [-0.15, -0.1) is 11.3 Å². The van der Waals surface area contributed by atoms with Crippen molar-refractivity contribution in [3.8, 4) is 22.4 Å². The maximum atomic E-state index is 6.26. The van der Waals surface area contributed by atoms with Crippen LogP contribution in [0.5, 0.6) is 0 Å². The van der Waals surface area contributed by atoms with E-state index >= 15 is 0 Å². The molecule has 0 atom stereocenters. The molecule has 0 fully saturated rings. The SMILES string of the molecule is Cc1cc2nc(-c3cc(C(C)(C)C)c4ccccc4c3)cc(-c3ccc4oc(CC(C)C)c(C)c4c3)c2s1. The van der Waals surface area contributed by atoms with Gasteiger partial charge in [-0.25, -0.2) is 4.98 Å². The number of aromatic nitrogens is 1. The van der Waals surface area contributed by atoms with Crippen LogP contribution in [0.15, 0.2) is 71.1 Å². The van der Waals surface area contributed by atoms with E-state index in [-0.39, 0.29) is 5.41 Å². The van der Waals surface area contributed by atoms with Gasteiger partial charge in [0.15, 0.2) is 0 Å². The van der Waals surface area contributed by atoms with Crippen molar-refractivity contribution in [2.24, 2.45) is 5.92 Å². The number of nitrogens with zero attached hydrogens (tertiary/aromatic N) is 1. The minimum absolute atomic E-state index is 0.0268. The van der Waals surface area contributed by atoms with Crippen molar-refractivity contribution in [3.05, 3.63) is 88.5 Å². The summed E-state index contributed by atoms with van der Waals surface area (Å²) in [6, 6.07) is 24.5. The molecule has 38 heavy (non-hydrogen) atoms. The van der Waals surface area contributed by atoms with Crippen LogP contribution >= 0.6 is 11.3 Å². The second-order valence-corrected chi connectivity index (χ2v) is 13.3. The molecule has 0 saturated carbocycles. The highest BCUT2D eigenvalue weighted by Gasteiger charge is 2.20. The van der Waals surface area contributed by atoms with Gasteiger partial charge in [0.2, 0.25) is 0 Å². The molecule has 6 aromatic rings. The smallest absolute Gasteiger partial charge is 0.134 e. The van der Waals surface area contributed by atoms with Crippen LogP contribution in [0.3, 0.4) is 0 Å². The molecule has 0 aliphatic rings. The number of thiophene rings is 1. The van der Waals surface area contributed by atoms with Crippen molar-refractivity contribution < 1.29 is 4.42 Å². The van der Waals surface area contributed by atoms with E-state index in [1.165, 1.54) is 53.6 Å². The molecule has 0 bridgehead atoms. The van der Waals surface area contributed by atoms with E-state index in [1.54, 1.807) is 0 Å². The molecule has 0 amide bonds. The van der Waals surface area contributed by atoms with Crippen molar-refractivity contribution in [1.29, 1.82) is 0 Å². The highest BCUT2D eigenvalue weighted by molar-refractivity contribution is 7.19. The molecule has 0 saturated heterocycles. The number of pyridine rings is 1. The summed E-state index contributed by atoms with van der Waals surface area (Å²) < 4.78 is 7.50. The number of furan rings is 1. The number of aryl methyl sites for hydroxylation is 2. The lowest BCUT2D eigenvalue weighted by atomic mass is 9.82. The first kappa shape index (κ1) is 24.9. The number of rotatable bonds is 4. The Balaban J connectivity index is 1.58. The predicted octanol–water partition coefficient (Wildman–Crippen LogP) is 10.6. The number of hydrogen-bond donors (Lipinski definition) is 0. The van der Waals surface area contributed by atoms with E-state index in [1.807, 2.05) is 11.3 Å². The maximum absolute atomic E-state index is 6.26. The fourth-order valence-corrected chi connectivity index (χ4v) is 6.58. The normalized spacial score (nSPS) is 12.4. The molecule has 2 nitrogen and oxygen atoms in total. The Morgan fingerprint density at radius 3 is 2.42 bits per heavy atom. The Kier molecular flexibility index (Phi) is 5.96. The standard InChI is InChI=1S/C35H35NOS/c1-20(2)14-33-22(4)27-17-24(12-13-32(27)37-33)28-19-30(36-31-15-21(3)38-34(28)31)25-16-23-10-8-9-11-26(23)29(18-25)35(5,6)7/h8-13,15-20H,14H2,1-7H3. The molecule has 0 spiro atoms. The van der Waals surface area contributed by atoms with Crippen molar-refractivity contribution in [1.82, 2.24) is 4.98 Å². The van der Waals surface area contributed by atoms with Gasteiger partial charge < -0.3 is 4.42 Å². The predicted molar refractivity (Wildman–Crippen MR) is 164 cm³/mol. The topological polar surface area (TPSA) is 26.0 Å². The van der Waals surface area contributed by atoms with Crippen molar-refractivity contribution in [3.63, 3.8) is 0 Å². The number of hydrogen-bond acceptors (Lipinski definition) is 3.